The first-order chi connectivity index (χ1) is 5.16. The third-order valence-electron chi connectivity index (χ3n) is 2.43. The van der Waals surface area contributed by atoms with E-state index in [0.717, 1.165) is 17.4 Å². The largest absolute Gasteiger partial charge is 0.303 e. The molecule has 0 spiro atoms. The predicted molar refractivity (Wildman–Crippen MR) is 42.2 cm³/mol. The van der Waals surface area contributed by atoms with Crippen molar-refractivity contribution < 1.29 is 9.59 Å². The molecular formula is C9H12O2. The minimum Gasteiger partial charge on any atom is -0.303 e. The van der Waals surface area contributed by atoms with E-state index in [0.29, 0.717) is 12.8 Å². The van der Waals surface area contributed by atoms with Gasteiger partial charge >= 0.3 is 0 Å². The lowest BCUT2D eigenvalue weighted by Crippen LogP contribution is -1.99. The van der Waals surface area contributed by atoms with Crippen molar-refractivity contribution in [3.8, 4) is 0 Å². The van der Waals surface area contributed by atoms with E-state index in [9.17, 15) is 9.59 Å². The Morgan fingerprint density at radius 2 is 2.18 bits per heavy atom. The SMILES string of the molecule is CC1=C(C)C(CC=O)CC1=O. The molecule has 0 aromatic carbocycles. The van der Waals surface area contributed by atoms with Gasteiger partial charge in [-0.3, -0.25) is 4.79 Å². The Kier molecular flexibility index (Phi) is 2.22. The average Bonchev–Trinajstić information content (AvgIpc) is 2.19. The first-order valence-electron chi connectivity index (χ1n) is 3.81. The Hall–Kier alpha value is -0.920. The zero-order valence-corrected chi connectivity index (χ0v) is 6.89. The zero-order chi connectivity index (χ0) is 8.43. The number of rotatable bonds is 2. The number of hydrogen-bond donors (Lipinski definition) is 0. The maximum atomic E-state index is 11.1. The lowest BCUT2D eigenvalue weighted by atomic mass is 9.99. The summed E-state index contributed by atoms with van der Waals surface area (Å²) in [7, 11) is 0. The molecule has 1 aliphatic carbocycles. The van der Waals surface area contributed by atoms with Crippen LogP contribution in [-0.2, 0) is 9.59 Å². The summed E-state index contributed by atoms with van der Waals surface area (Å²) >= 11 is 0. The highest BCUT2D eigenvalue weighted by Gasteiger charge is 2.25. The first kappa shape index (κ1) is 8.18. The van der Waals surface area contributed by atoms with Gasteiger partial charge in [0.25, 0.3) is 0 Å². The third kappa shape index (κ3) is 1.39. The fraction of sp³-hybridized carbons (Fsp3) is 0.556. The van der Waals surface area contributed by atoms with Crippen molar-refractivity contribution in [1.29, 1.82) is 0 Å². The molecule has 2 heteroatoms. The molecule has 0 amide bonds. The fourth-order valence-electron chi connectivity index (χ4n) is 1.43. The zero-order valence-electron chi connectivity index (χ0n) is 6.89. The summed E-state index contributed by atoms with van der Waals surface area (Å²) in [6, 6.07) is 0. The second-order valence-corrected chi connectivity index (χ2v) is 3.03. The number of ketones is 1. The van der Waals surface area contributed by atoms with E-state index in [1.807, 2.05) is 13.8 Å². The van der Waals surface area contributed by atoms with Crippen LogP contribution >= 0.6 is 0 Å². The number of Topliss-reactive ketones (excluding diaryl/α,β-unsaturated/α-hetero) is 1. The van der Waals surface area contributed by atoms with Crippen molar-refractivity contribution in [2.24, 2.45) is 5.92 Å². The maximum absolute atomic E-state index is 11.1. The quantitative estimate of drug-likeness (QED) is 0.562. The lowest BCUT2D eigenvalue weighted by Gasteiger charge is -2.04. The number of carbonyl (C=O) groups excluding carboxylic acids is 2. The molecular weight excluding hydrogens is 140 g/mol. The molecule has 1 rings (SSSR count). The Balaban J connectivity index is 2.76. The van der Waals surface area contributed by atoms with Crippen LogP contribution in [-0.4, -0.2) is 12.1 Å². The average molecular weight is 152 g/mol. The summed E-state index contributed by atoms with van der Waals surface area (Å²) in [5.74, 6) is 0.398. The highest BCUT2D eigenvalue weighted by atomic mass is 16.1. The van der Waals surface area contributed by atoms with E-state index in [4.69, 9.17) is 0 Å². The van der Waals surface area contributed by atoms with Gasteiger partial charge in [0.2, 0.25) is 0 Å². The first-order valence-corrected chi connectivity index (χ1v) is 3.81. The molecule has 60 valence electrons. The number of carbonyl (C=O) groups is 2. The Labute approximate surface area is 66.3 Å². The molecule has 0 saturated heterocycles. The normalized spacial score (nSPS) is 24.5. The van der Waals surface area contributed by atoms with Crippen molar-refractivity contribution in [2.45, 2.75) is 26.7 Å². The molecule has 1 aliphatic rings. The Morgan fingerprint density at radius 1 is 1.55 bits per heavy atom. The standard InChI is InChI=1S/C9H12O2/c1-6-7(2)9(11)5-8(6)3-4-10/h4,8H,3,5H2,1-2H3. The van der Waals surface area contributed by atoms with Gasteiger partial charge in [-0.2, -0.15) is 0 Å². The molecule has 0 aromatic rings. The Bertz CT molecular complexity index is 226. The van der Waals surface area contributed by atoms with E-state index in [2.05, 4.69) is 0 Å². The second kappa shape index (κ2) is 2.99. The summed E-state index contributed by atoms with van der Waals surface area (Å²) in [6.07, 6.45) is 1.92. The molecule has 1 atom stereocenters. The predicted octanol–water partition coefficient (Wildman–Crippen LogP) is 1.50. The van der Waals surface area contributed by atoms with Gasteiger partial charge in [0.1, 0.15) is 6.29 Å². The molecule has 0 aromatic heterocycles. The number of aldehydes is 1. The summed E-state index contributed by atoms with van der Waals surface area (Å²) < 4.78 is 0. The van der Waals surface area contributed by atoms with E-state index in [1.54, 1.807) is 0 Å². The van der Waals surface area contributed by atoms with Crippen molar-refractivity contribution in [3.05, 3.63) is 11.1 Å². The lowest BCUT2D eigenvalue weighted by molar-refractivity contribution is -0.115. The van der Waals surface area contributed by atoms with Crippen molar-refractivity contribution >= 4 is 12.1 Å². The molecule has 0 fully saturated rings. The van der Waals surface area contributed by atoms with Crippen LogP contribution in [0.5, 0.6) is 0 Å². The summed E-state index contributed by atoms with van der Waals surface area (Å²) in [5, 5.41) is 0. The number of hydrogen-bond acceptors (Lipinski definition) is 2. The topological polar surface area (TPSA) is 34.1 Å². The summed E-state index contributed by atoms with van der Waals surface area (Å²) in [5.41, 5.74) is 1.96. The molecule has 11 heavy (non-hydrogen) atoms. The second-order valence-electron chi connectivity index (χ2n) is 3.03. The molecule has 0 radical (unpaired) electrons. The van der Waals surface area contributed by atoms with Crippen LogP contribution in [0.2, 0.25) is 0 Å². The van der Waals surface area contributed by atoms with Crippen LogP contribution in [0.15, 0.2) is 11.1 Å². The van der Waals surface area contributed by atoms with Gasteiger partial charge in [-0.1, -0.05) is 5.57 Å². The highest BCUT2D eigenvalue weighted by molar-refractivity contribution is 5.98. The number of allylic oxidation sites excluding steroid dienone is 2. The molecule has 1 unspecified atom stereocenters. The van der Waals surface area contributed by atoms with Crippen LogP contribution in [0.4, 0.5) is 0 Å². The molecule has 0 heterocycles. The van der Waals surface area contributed by atoms with Crippen LogP contribution in [0.1, 0.15) is 26.7 Å². The van der Waals surface area contributed by atoms with Crippen LogP contribution in [0.3, 0.4) is 0 Å². The van der Waals surface area contributed by atoms with Crippen molar-refractivity contribution in [2.75, 3.05) is 0 Å². The maximum Gasteiger partial charge on any atom is 0.159 e. The molecule has 0 bridgehead atoms. The minimum absolute atomic E-state index is 0.194. The molecule has 0 aliphatic heterocycles. The molecule has 2 nitrogen and oxygen atoms in total. The van der Waals surface area contributed by atoms with E-state index in [1.165, 1.54) is 0 Å². The fourth-order valence-corrected chi connectivity index (χ4v) is 1.43. The van der Waals surface area contributed by atoms with Crippen LogP contribution in [0.25, 0.3) is 0 Å². The van der Waals surface area contributed by atoms with Gasteiger partial charge in [0, 0.05) is 12.8 Å². The van der Waals surface area contributed by atoms with Crippen molar-refractivity contribution in [1.82, 2.24) is 0 Å². The van der Waals surface area contributed by atoms with Gasteiger partial charge in [0.15, 0.2) is 5.78 Å². The molecule has 0 saturated carbocycles. The third-order valence-corrected chi connectivity index (χ3v) is 2.43. The van der Waals surface area contributed by atoms with E-state index < -0.39 is 0 Å². The monoisotopic (exact) mass is 152 g/mol. The van der Waals surface area contributed by atoms with Crippen molar-refractivity contribution in [3.63, 3.8) is 0 Å². The van der Waals surface area contributed by atoms with Gasteiger partial charge in [-0.15, -0.1) is 0 Å². The van der Waals surface area contributed by atoms with Gasteiger partial charge < -0.3 is 4.79 Å². The highest BCUT2D eigenvalue weighted by Crippen LogP contribution is 2.30. The van der Waals surface area contributed by atoms with Gasteiger partial charge in [0.05, 0.1) is 0 Å². The molecule has 0 N–H and O–H groups in total. The minimum atomic E-state index is 0.194. The van der Waals surface area contributed by atoms with E-state index in [-0.39, 0.29) is 11.7 Å². The van der Waals surface area contributed by atoms with Gasteiger partial charge in [-0.25, -0.2) is 0 Å². The van der Waals surface area contributed by atoms with Crippen LogP contribution in [0, 0.1) is 5.92 Å². The smallest absolute Gasteiger partial charge is 0.159 e. The van der Waals surface area contributed by atoms with Crippen LogP contribution < -0.4 is 0 Å². The van der Waals surface area contributed by atoms with E-state index >= 15 is 0 Å². The Morgan fingerprint density at radius 3 is 2.55 bits per heavy atom. The summed E-state index contributed by atoms with van der Waals surface area (Å²) in [6.45, 7) is 3.77. The summed E-state index contributed by atoms with van der Waals surface area (Å²) in [4.78, 5) is 21.3. The van der Waals surface area contributed by atoms with Gasteiger partial charge in [-0.05, 0) is 25.3 Å².